The molecule has 0 unspecified atom stereocenters. The predicted octanol–water partition coefficient (Wildman–Crippen LogP) is 3.61. The molecule has 0 saturated carbocycles. The third kappa shape index (κ3) is 4.33. The van der Waals surface area contributed by atoms with Gasteiger partial charge in [0.25, 0.3) is 0 Å². The van der Waals surface area contributed by atoms with Gasteiger partial charge in [-0.25, -0.2) is 0 Å². The fraction of sp³-hybridized carbons (Fsp3) is 0.316. The third-order valence-electron chi connectivity index (χ3n) is 3.91. The van der Waals surface area contributed by atoms with E-state index in [2.05, 4.69) is 22.8 Å². The Morgan fingerprint density at radius 3 is 2.35 bits per heavy atom. The number of hydrogen-bond donors (Lipinski definition) is 3. The van der Waals surface area contributed by atoms with E-state index in [0.717, 1.165) is 22.4 Å². The van der Waals surface area contributed by atoms with Crippen LogP contribution in [0, 0.1) is 20.8 Å². The van der Waals surface area contributed by atoms with Gasteiger partial charge in [-0.2, -0.15) is 0 Å². The predicted molar refractivity (Wildman–Crippen MR) is 93.8 cm³/mol. The highest BCUT2D eigenvalue weighted by Crippen LogP contribution is 2.23. The van der Waals surface area contributed by atoms with Crippen molar-refractivity contribution in [2.24, 2.45) is 0 Å². The van der Waals surface area contributed by atoms with E-state index in [4.69, 9.17) is 0 Å². The molecular weight excluding hydrogens is 288 g/mol. The Morgan fingerprint density at radius 1 is 1.13 bits per heavy atom. The minimum atomic E-state index is -0.109. The van der Waals surface area contributed by atoms with Crippen LogP contribution in [0.1, 0.15) is 35.2 Å². The van der Waals surface area contributed by atoms with E-state index in [1.807, 2.05) is 39.8 Å². The van der Waals surface area contributed by atoms with E-state index in [9.17, 15) is 9.90 Å². The van der Waals surface area contributed by atoms with Gasteiger partial charge in [-0.05, 0) is 44.9 Å². The van der Waals surface area contributed by atoms with Crippen molar-refractivity contribution >= 4 is 11.6 Å². The quantitative estimate of drug-likeness (QED) is 0.790. The van der Waals surface area contributed by atoms with Crippen LogP contribution in [0.5, 0.6) is 5.75 Å². The Hall–Kier alpha value is -2.33. The van der Waals surface area contributed by atoms with Gasteiger partial charge in [-0.1, -0.05) is 35.9 Å². The Kier molecular flexibility index (Phi) is 5.40. The summed E-state index contributed by atoms with van der Waals surface area (Å²) in [5.41, 5.74) is 4.96. The monoisotopic (exact) mass is 312 g/mol. The molecule has 1 atom stereocenters. The minimum absolute atomic E-state index is 0.0951. The van der Waals surface area contributed by atoms with Crippen LogP contribution in [0.25, 0.3) is 0 Å². The maximum Gasteiger partial charge on any atom is 0.238 e. The summed E-state index contributed by atoms with van der Waals surface area (Å²) in [4.78, 5) is 12.2. The summed E-state index contributed by atoms with van der Waals surface area (Å²) >= 11 is 0. The van der Waals surface area contributed by atoms with Crippen molar-refractivity contribution in [3.8, 4) is 5.75 Å². The lowest BCUT2D eigenvalue weighted by Gasteiger charge is -2.17. The van der Waals surface area contributed by atoms with Gasteiger partial charge in [0.15, 0.2) is 0 Å². The van der Waals surface area contributed by atoms with Crippen molar-refractivity contribution in [3.63, 3.8) is 0 Å². The van der Waals surface area contributed by atoms with Crippen LogP contribution >= 0.6 is 0 Å². The first-order chi connectivity index (χ1) is 10.9. The number of carbonyl (C=O) groups is 1. The number of aromatic hydroxyl groups is 1. The van der Waals surface area contributed by atoms with Crippen molar-refractivity contribution in [2.45, 2.75) is 33.7 Å². The van der Waals surface area contributed by atoms with Crippen molar-refractivity contribution in [3.05, 3.63) is 58.7 Å². The van der Waals surface area contributed by atoms with Crippen molar-refractivity contribution < 1.29 is 9.90 Å². The SMILES string of the molecule is Cc1cc(C)c(NC(=O)CN[C@@H](C)c2ccccc2O)c(C)c1. The van der Waals surface area contributed by atoms with Gasteiger partial charge in [-0.15, -0.1) is 0 Å². The molecule has 0 fully saturated rings. The van der Waals surface area contributed by atoms with Crippen LogP contribution in [-0.2, 0) is 4.79 Å². The maximum absolute atomic E-state index is 12.2. The molecule has 4 heteroatoms. The molecule has 23 heavy (non-hydrogen) atoms. The molecule has 4 nitrogen and oxygen atoms in total. The molecule has 0 aliphatic rings. The molecule has 0 bridgehead atoms. The largest absolute Gasteiger partial charge is 0.508 e. The molecule has 0 aliphatic carbocycles. The second kappa shape index (κ2) is 7.29. The highest BCUT2D eigenvalue weighted by Gasteiger charge is 2.12. The van der Waals surface area contributed by atoms with E-state index >= 15 is 0 Å². The van der Waals surface area contributed by atoms with Gasteiger partial charge in [0.1, 0.15) is 5.75 Å². The molecule has 2 rings (SSSR count). The van der Waals surface area contributed by atoms with Gasteiger partial charge in [0, 0.05) is 17.3 Å². The van der Waals surface area contributed by atoms with Crippen LogP contribution in [-0.4, -0.2) is 17.6 Å². The van der Waals surface area contributed by atoms with Crippen molar-refractivity contribution in [1.29, 1.82) is 0 Å². The van der Waals surface area contributed by atoms with Gasteiger partial charge in [0.2, 0.25) is 5.91 Å². The third-order valence-corrected chi connectivity index (χ3v) is 3.91. The maximum atomic E-state index is 12.2. The molecule has 0 heterocycles. The number of phenols is 1. The first kappa shape index (κ1) is 17.0. The number of amides is 1. The molecule has 0 spiro atoms. The number of benzene rings is 2. The number of para-hydroxylation sites is 1. The van der Waals surface area contributed by atoms with E-state index in [0.29, 0.717) is 0 Å². The summed E-state index contributed by atoms with van der Waals surface area (Å²) in [5, 5.41) is 15.9. The molecule has 0 saturated heterocycles. The Morgan fingerprint density at radius 2 is 1.74 bits per heavy atom. The first-order valence-electron chi connectivity index (χ1n) is 7.77. The lowest BCUT2D eigenvalue weighted by atomic mass is 10.1. The van der Waals surface area contributed by atoms with Crippen LogP contribution in [0.2, 0.25) is 0 Å². The fourth-order valence-corrected chi connectivity index (χ4v) is 2.77. The molecule has 1 amide bonds. The second-order valence-electron chi connectivity index (χ2n) is 5.98. The summed E-state index contributed by atoms with van der Waals surface area (Å²) in [5.74, 6) is 0.139. The second-order valence-corrected chi connectivity index (χ2v) is 5.98. The highest BCUT2D eigenvalue weighted by molar-refractivity contribution is 5.93. The first-order valence-corrected chi connectivity index (χ1v) is 7.77. The lowest BCUT2D eigenvalue weighted by molar-refractivity contribution is -0.115. The molecule has 0 aliphatic heterocycles. The molecule has 2 aromatic rings. The summed E-state index contributed by atoms with van der Waals surface area (Å²) < 4.78 is 0. The molecule has 122 valence electrons. The van der Waals surface area contributed by atoms with E-state index < -0.39 is 0 Å². The van der Waals surface area contributed by atoms with Crippen LogP contribution in [0.4, 0.5) is 5.69 Å². The zero-order chi connectivity index (χ0) is 17.0. The molecular formula is C19H24N2O2. The zero-order valence-corrected chi connectivity index (χ0v) is 14.1. The number of rotatable bonds is 5. The average molecular weight is 312 g/mol. The summed E-state index contributed by atoms with van der Waals surface area (Å²) in [6.45, 7) is 8.13. The Labute approximate surface area is 137 Å². The topological polar surface area (TPSA) is 61.4 Å². The minimum Gasteiger partial charge on any atom is -0.508 e. The van der Waals surface area contributed by atoms with Gasteiger partial charge < -0.3 is 15.7 Å². The van der Waals surface area contributed by atoms with E-state index in [1.54, 1.807) is 12.1 Å². The number of carbonyl (C=O) groups excluding carboxylic acids is 1. The normalized spacial score (nSPS) is 12.0. The van der Waals surface area contributed by atoms with Crippen LogP contribution in [0.15, 0.2) is 36.4 Å². The van der Waals surface area contributed by atoms with Crippen LogP contribution in [0.3, 0.4) is 0 Å². The number of anilines is 1. The number of hydrogen-bond acceptors (Lipinski definition) is 3. The Bertz CT molecular complexity index is 687. The fourth-order valence-electron chi connectivity index (χ4n) is 2.77. The number of aryl methyl sites for hydroxylation is 3. The number of nitrogens with one attached hydrogen (secondary N) is 2. The van der Waals surface area contributed by atoms with Crippen molar-refractivity contribution in [1.82, 2.24) is 5.32 Å². The lowest BCUT2D eigenvalue weighted by Crippen LogP contribution is -2.30. The molecule has 2 aromatic carbocycles. The average Bonchev–Trinajstić information content (AvgIpc) is 2.49. The highest BCUT2D eigenvalue weighted by atomic mass is 16.3. The van der Waals surface area contributed by atoms with Gasteiger partial charge in [-0.3, -0.25) is 4.79 Å². The molecule has 0 aromatic heterocycles. The van der Waals surface area contributed by atoms with E-state index in [1.165, 1.54) is 5.56 Å². The standard InChI is InChI=1S/C19H24N2O2/c1-12-9-13(2)19(14(3)10-12)21-18(23)11-20-15(4)16-7-5-6-8-17(16)22/h5-10,15,20,22H,11H2,1-4H3,(H,21,23)/t15-/m0/s1. The van der Waals surface area contributed by atoms with Gasteiger partial charge >= 0.3 is 0 Å². The summed E-state index contributed by atoms with van der Waals surface area (Å²) in [6, 6.07) is 11.1. The zero-order valence-electron chi connectivity index (χ0n) is 14.1. The summed E-state index contributed by atoms with van der Waals surface area (Å²) in [6.07, 6.45) is 0. The molecule has 0 radical (unpaired) electrons. The summed E-state index contributed by atoms with van der Waals surface area (Å²) in [7, 11) is 0. The van der Waals surface area contributed by atoms with Crippen LogP contribution < -0.4 is 10.6 Å². The Balaban J connectivity index is 1.97. The van der Waals surface area contributed by atoms with Crippen molar-refractivity contribution in [2.75, 3.05) is 11.9 Å². The van der Waals surface area contributed by atoms with E-state index in [-0.39, 0.29) is 24.2 Å². The number of phenolic OH excluding ortho intramolecular Hbond substituents is 1. The van der Waals surface area contributed by atoms with Gasteiger partial charge in [0.05, 0.1) is 6.54 Å². The molecule has 3 N–H and O–H groups in total. The smallest absolute Gasteiger partial charge is 0.238 e.